The second-order valence-electron chi connectivity index (χ2n) is 8.70. The number of hydrogen-bond donors (Lipinski definition) is 2. The monoisotopic (exact) mass is 439 g/mol. The van der Waals surface area contributed by atoms with Crippen LogP contribution in [-0.2, 0) is 11.3 Å². The quantitative estimate of drug-likeness (QED) is 0.675. The first-order chi connectivity index (χ1) is 15.1. The summed E-state index contributed by atoms with van der Waals surface area (Å²) in [6.45, 7) is 2.66. The van der Waals surface area contributed by atoms with Crippen LogP contribution >= 0.6 is 11.6 Å². The van der Waals surface area contributed by atoms with E-state index in [1.165, 1.54) is 12.8 Å². The molecular weight excluding hydrogens is 410 g/mol. The fraction of sp³-hybridized carbons (Fsp3) is 0.440. The summed E-state index contributed by atoms with van der Waals surface area (Å²) in [6, 6.07) is 15.2. The Morgan fingerprint density at radius 1 is 0.968 bits per heavy atom. The Balaban J connectivity index is 1.27. The summed E-state index contributed by atoms with van der Waals surface area (Å²) >= 11 is 5.90. The van der Waals surface area contributed by atoms with E-state index in [9.17, 15) is 9.59 Å². The van der Waals surface area contributed by atoms with Crippen LogP contribution in [0.3, 0.4) is 0 Å². The lowest BCUT2D eigenvalue weighted by Gasteiger charge is -2.32. The zero-order chi connectivity index (χ0) is 21.6. The molecule has 1 aliphatic heterocycles. The predicted octanol–water partition coefficient (Wildman–Crippen LogP) is 4.86. The minimum atomic E-state index is -0.150. The molecule has 6 heteroatoms. The number of piperidine rings is 1. The molecule has 2 amide bonds. The average Bonchev–Trinajstić information content (AvgIpc) is 3.28. The smallest absolute Gasteiger partial charge is 0.255 e. The highest BCUT2D eigenvalue weighted by Crippen LogP contribution is 2.23. The van der Waals surface area contributed by atoms with Crippen LogP contribution in [0.2, 0.25) is 5.02 Å². The van der Waals surface area contributed by atoms with Gasteiger partial charge in [0, 0.05) is 34.8 Å². The van der Waals surface area contributed by atoms with Crippen molar-refractivity contribution in [1.29, 1.82) is 0 Å². The largest absolute Gasteiger partial charge is 0.353 e. The zero-order valence-corrected chi connectivity index (χ0v) is 18.5. The van der Waals surface area contributed by atoms with Crippen molar-refractivity contribution in [1.82, 2.24) is 10.2 Å². The summed E-state index contributed by atoms with van der Waals surface area (Å²) in [5, 5.41) is 6.82. The summed E-state index contributed by atoms with van der Waals surface area (Å²) in [4.78, 5) is 27.4. The van der Waals surface area contributed by atoms with E-state index < -0.39 is 0 Å². The predicted molar refractivity (Wildman–Crippen MR) is 124 cm³/mol. The first-order valence-electron chi connectivity index (χ1n) is 11.3. The number of halogens is 1. The van der Waals surface area contributed by atoms with E-state index in [0.717, 1.165) is 56.6 Å². The molecule has 0 bridgehead atoms. The fourth-order valence-corrected chi connectivity index (χ4v) is 4.68. The lowest BCUT2D eigenvalue weighted by molar-refractivity contribution is -0.127. The van der Waals surface area contributed by atoms with Crippen molar-refractivity contribution >= 4 is 29.1 Å². The van der Waals surface area contributed by atoms with Gasteiger partial charge < -0.3 is 10.6 Å². The summed E-state index contributed by atoms with van der Waals surface area (Å²) in [7, 11) is 0. The fourth-order valence-electron chi connectivity index (χ4n) is 4.55. The average molecular weight is 440 g/mol. The molecule has 0 unspecified atom stereocenters. The van der Waals surface area contributed by atoms with Crippen molar-refractivity contribution in [3.05, 3.63) is 64.7 Å². The number of nitrogens with zero attached hydrogens (tertiary/aromatic N) is 1. The summed E-state index contributed by atoms with van der Waals surface area (Å²) in [6.07, 6.45) is 6.56. The molecular formula is C25H30ClN3O2. The van der Waals surface area contributed by atoms with Gasteiger partial charge in [-0.15, -0.1) is 0 Å². The number of nitrogens with one attached hydrogen (secondary N) is 2. The first kappa shape index (κ1) is 21.8. The molecule has 2 aromatic carbocycles. The molecule has 1 saturated heterocycles. The van der Waals surface area contributed by atoms with Crippen molar-refractivity contribution in [2.75, 3.05) is 18.4 Å². The van der Waals surface area contributed by atoms with Gasteiger partial charge in [-0.2, -0.15) is 0 Å². The van der Waals surface area contributed by atoms with Crippen LogP contribution in [0, 0.1) is 5.92 Å². The normalized spacial score (nSPS) is 18.1. The van der Waals surface area contributed by atoms with Gasteiger partial charge in [0.15, 0.2) is 0 Å². The number of carbonyl (C=O) groups is 2. The number of rotatable bonds is 6. The number of hydrogen-bond acceptors (Lipinski definition) is 3. The molecule has 0 spiro atoms. The Kier molecular flexibility index (Phi) is 7.25. The molecule has 4 rings (SSSR count). The van der Waals surface area contributed by atoms with Gasteiger partial charge in [0.1, 0.15) is 0 Å². The maximum atomic E-state index is 12.5. The lowest BCUT2D eigenvalue weighted by atomic mass is 9.95. The van der Waals surface area contributed by atoms with Crippen LogP contribution in [0.5, 0.6) is 0 Å². The van der Waals surface area contributed by atoms with Gasteiger partial charge in [-0.05, 0) is 80.7 Å². The molecule has 2 fully saturated rings. The highest BCUT2D eigenvalue weighted by Gasteiger charge is 2.27. The molecule has 2 aliphatic rings. The SMILES string of the molecule is O=C(Nc1cccc(CN2CCC(C(=O)NC3CCCC3)CC2)c1)c1ccc(Cl)cc1. The molecule has 0 radical (unpaired) electrons. The van der Waals surface area contributed by atoms with Gasteiger partial charge >= 0.3 is 0 Å². The van der Waals surface area contributed by atoms with E-state index in [-0.39, 0.29) is 17.7 Å². The molecule has 164 valence electrons. The van der Waals surface area contributed by atoms with Crippen molar-refractivity contribution in [2.24, 2.45) is 5.92 Å². The summed E-state index contributed by atoms with van der Waals surface area (Å²) in [5.74, 6) is 0.239. The van der Waals surface area contributed by atoms with E-state index in [4.69, 9.17) is 11.6 Å². The molecule has 1 aliphatic carbocycles. The number of amides is 2. The van der Waals surface area contributed by atoms with Gasteiger partial charge in [0.2, 0.25) is 5.91 Å². The van der Waals surface area contributed by atoms with Crippen LogP contribution in [0.25, 0.3) is 0 Å². The maximum absolute atomic E-state index is 12.5. The van der Waals surface area contributed by atoms with E-state index in [1.54, 1.807) is 24.3 Å². The number of likely N-dealkylation sites (tertiary alicyclic amines) is 1. The Bertz CT molecular complexity index is 901. The van der Waals surface area contributed by atoms with E-state index in [0.29, 0.717) is 16.6 Å². The molecule has 0 atom stereocenters. The van der Waals surface area contributed by atoms with Crippen molar-refractivity contribution in [2.45, 2.75) is 51.1 Å². The van der Waals surface area contributed by atoms with E-state index in [1.807, 2.05) is 18.2 Å². The third kappa shape index (κ3) is 6.08. The molecule has 0 aromatic heterocycles. The molecule has 2 N–H and O–H groups in total. The highest BCUT2D eigenvalue weighted by atomic mass is 35.5. The standard InChI is InChI=1S/C25H30ClN3O2/c26-21-10-8-19(9-11-21)24(30)28-23-7-3-4-18(16-23)17-29-14-12-20(13-15-29)25(31)27-22-5-1-2-6-22/h3-4,7-11,16,20,22H,1-2,5-6,12-15,17H2,(H,27,31)(H,28,30). The topological polar surface area (TPSA) is 61.4 Å². The molecule has 1 heterocycles. The van der Waals surface area contributed by atoms with Gasteiger partial charge in [-0.25, -0.2) is 0 Å². The second-order valence-corrected chi connectivity index (χ2v) is 9.14. The second kappa shape index (κ2) is 10.3. The Morgan fingerprint density at radius 2 is 1.68 bits per heavy atom. The van der Waals surface area contributed by atoms with Crippen molar-refractivity contribution < 1.29 is 9.59 Å². The van der Waals surface area contributed by atoms with Crippen molar-refractivity contribution in [3.8, 4) is 0 Å². The van der Waals surface area contributed by atoms with Gasteiger partial charge in [-0.1, -0.05) is 36.6 Å². The van der Waals surface area contributed by atoms with E-state index in [2.05, 4.69) is 21.6 Å². The third-order valence-corrected chi connectivity index (χ3v) is 6.61. The number of benzene rings is 2. The van der Waals surface area contributed by atoms with Crippen LogP contribution in [-0.4, -0.2) is 35.8 Å². The highest BCUT2D eigenvalue weighted by molar-refractivity contribution is 6.30. The minimum absolute atomic E-state index is 0.141. The first-order valence-corrected chi connectivity index (χ1v) is 11.6. The zero-order valence-electron chi connectivity index (χ0n) is 17.8. The van der Waals surface area contributed by atoms with Crippen LogP contribution < -0.4 is 10.6 Å². The van der Waals surface area contributed by atoms with Gasteiger partial charge in [0.25, 0.3) is 5.91 Å². The molecule has 5 nitrogen and oxygen atoms in total. The van der Waals surface area contributed by atoms with Crippen molar-refractivity contribution in [3.63, 3.8) is 0 Å². The van der Waals surface area contributed by atoms with Crippen LogP contribution in [0.4, 0.5) is 5.69 Å². The van der Waals surface area contributed by atoms with Gasteiger partial charge in [0.05, 0.1) is 0 Å². The van der Waals surface area contributed by atoms with Crippen LogP contribution in [0.1, 0.15) is 54.4 Å². The minimum Gasteiger partial charge on any atom is -0.353 e. The third-order valence-electron chi connectivity index (χ3n) is 6.36. The van der Waals surface area contributed by atoms with Gasteiger partial charge in [-0.3, -0.25) is 14.5 Å². The number of anilines is 1. The maximum Gasteiger partial charge on any atom is 0.255 e. The molecule has 1 saturated carbocycles. The number of carbonyl (C=O) groups excluding carboxylic acids is 2. The Labute approximate surface area is 189 Å². The van der Waals surface area contributed by atoms with Crippen LogP contribution in [0.15, 0.2) is 48.5 Å². The lowest BCUT2D eigenvalue weighted by Crippen LogP contribution is -2.42. The molecule has 31 heavy (non-hydrogen) atoms. The Morgan fingerprint density at radius 3 is 2.39 bits per heavy atom. The summed E-state index contributed by atoms with van der Waals surface area (Å²) < 4.78 is 0. The van der Waals surface area contributed by atoms with E-state index >= 15 is 0 Å². The summed E-state index contributed by atoms with van der Waals surface area (Å²) in [5.41, 5.74) is 2.51. The molecule has 2 aromatic rings. The Hall–Kier alpha value is -2.37.